The summed E-state index contributed by atoms with van der Waals surface area (Å²) in [6, 6.07) is 30.8. The smallest absolute Gasteiger partial charge is 0.150 e. The summed E-state index contributed by atoms with van der Waals surface area (Å²) < 4.78 is 11.8. The molecule has 0 aliphatic heterocycles. The molecule has 4 nitrogen and oxygen atoms in total. The van der Waals surface area contributed by atoms with Gasteiger partial charge >= 0.3 is 0 Å². The van der Waals surface area contributed by atoms with Crippen molar-refractivity contribution < 1.29 is 9.47 Å². The van der Waals surface area contributed by atoms with E-state index in [9.17, 15) is 0 Å². The summed E-state index contributed by atoms with van der Waals surface area (Å²) in [4.78, 5) is 0. The first-order valence-electron chi connectivity index (χ1n) is 10.7. The van der Waals surface area contributed by atoms with Gasteiger partial charge in [0.15, 0.2) is 0 Å². The van der Waals surface area contributed by atoms with Crippen LogP contribution in [-0.4, -0.2) is 0 Å². The monoisotopic (exact) mass is 434 g/mol. The Labute approximate surface area is 194 Å². The lowest BCUT2D eigenvalue weighted by molar-refractivity contribution is 0.485. The Morgan fingerprint density at radius 1 is 0.667 bits per heavy atom. The highest BCUT2D eigenvalue weighted by atomic mass is 16.5. The van der Waals surface area contributed by atoms with Gasteiger partial charge in [-0.1, -0.05) is 60.7 Å². The largest absolute Gasteiger partial charge is 0.455 e. The van der Waals surface area contributed by atoms with Gasteiger partial charge in [0.25, 0.3) is 0 Å². The molecule has 0 bridgehead atoms. The van der Waals surface area contributed by atoms with Crippen molar-refractivity contribution in [1.29, 1.82) is 0 Å². The van der Waals surface area contributed by atoms with E-state index >= 15 is 0 Å². The Balaban J connectivity index is 1.50. The van der Waals surface area contributed by atoms with Crippen molar-refractivity contribution in [1.82, 2.24) is 0 Å². The first-order chi connectivity index (χ1) is 16.1. The average molecular weight is 435 g/mol. The molecule has 4 heteroatoms. The van der Waals surface area contributed by atoms with Crippen molar-refractivity contribution >= 4 is 23.0 Å². The highest BCUT2D eigenvalue weighted by molar-refractivity contribution is 5.82. The topological polar surface area (TPSA) is 70.5 Å². The molecule has 0 fully saturated rings. The molecule has 0 atom stereocenters. The Kier molecular flexibility index (Phi) is 6.76. The van der Waals surface area contributed by atoms with Gasteiger partial charge in [0.1, 0.15) is 23.0 Å². The molecule has 4 aromatic carbocycles. The zero-order valence-electron chi connectivity index (χ0n) is 18.3. The van der Waals surface area contributed by atoms with E-state index in [0.717, 1.165) is 34.6 Å². The van der Waals surface area contributed by atoms with Gasteiger partial charge < -0.3 is 20.9 Å². The quantitative estimate of drug-likeness (QED) is 0.171. The van der Waals surface area contributed by atoms with Crippen LogP contribution in [0.5, 0.6) is 23.0 Å². The number of anilines is 2. The Hall–Kier alpha value is -4.44. The summed E-state index contributed by atoms with van der Waals surface area (Å²) >= 11 is 0. The van der Waals surface area contributed by atoms with Crippen LogP contribution in [0, 0.1) is 0 Å². The van der Waals surface area contributed by atoms with Crippen LogP contribution in [-0.2, 0) is 0 Å². The van der Waals surface area contributed by atoms with Crippen LogP contribution >= 0.6 is 0 Å². The maximum Gasteiger partial charge on any atom is 0.150 e. The highest BCUT2D eigenvalue weighted by Crippen LogP contribution is 2.30. The van der Waals surface area contributed by atoms with E-state index in [0.29, 0.717) is 22.9 Å². The molecule has 164 valence electrons. The fourth-order valence-corrected chi connectivity index (χ4v) is 3.39. The summed E-state index contributed by atoms with van der Waals surface area (Å²) in [5.74, 6) is 2.76. The molecule has 4 N–H and O–H groups in total. The summed E-state index contributed by atoms with van der Waals surface area (Å²) in [6.45, 7) is 3.91. The van der Waals surface area contributed by atoms with Gasteiger partial charge in [-0.25, -0.2) is 0 Å². The number of hydrogen-bond acceptors (Lipinski definition) is 4. The van der Waals surface area contributed by atoms with Crippen LogP contribution in [0.1, 0.15) is 17.5 Å². The molecule has 0 heterocycles. The molecule has 0 saturated carbocycles. The molecule has 33 heavy (non-hydrogen) atoms. The van der Waals surface area contributed by atoms with E-state index < -0.39 is 0 Å². The molecule has 0 unspecified atom stereocenters. The van der Waals surface area contributed by atoms with Gasteiger partial charge in [-0.15, -0.1) is 6.58 Å². The van der Waals surface area contributed by atoms with Crippen molar-refractivity contribution in [3.05, 3.63) is 121 Å². The average Bonchev–Trinajstić information content (AvgIpc) is 2.83. The van der Waals surface area contributed by atoms with E-state index in [1.807, 2.05) is 103 Å². The van der Waals surface area contributed by atoms with E-state index in [2.05, 4.69) is 12.7 Å². The summed E-state index contributed by atoms with van der Waals surface area (Å²) in [6.07, 6.45) is 4.79. The zero-order chi connectivity index (χ0) is 23.0. The van der Waals surface area contributed by atoms with E-state index in [4.69, 9.17) is 20.9 Å². The number of nitrogen functional groups attached to an aromatic ring is 2. The minimum Gasteiger partial charge on any atom is -0.455 e. The standard InChI is InChI=1S/C29H26N2O2/c1-2-7-23(22-14-18-25(19-15-22)33-29-11-6-4-9-27(29)31)20-21-12-16-24(17-13-21)32-28-10-5-3-8-26(28)30/h2-6,8-20H,1,7,30-31H2. The number of ether oxygens (including phenoxy) is 2. The second-order valence-corrected chi connectivity index (χ2v) is 7.54. The van der Waals surface area contributed by atoms with Gasteiger partial charge in [0, 0.05) is 0 Å². The molecule has 4 rings (SSSR count). The summed E-state index contributed by atoms with van der Waals surface area (Å²) in [5, 5.41) is 0. The Morgan fingerprint density at radius 2 is 1.15 bits per heavy atom. The lowest BCUT2D eigenvalue weighted by atomic mass is 9.99. The first kappa shape index (κ1) is 21.8. The molecule has 0 radical (unpaired) electrons. The van der Waals surface area contributed by atoms with Gasteiger partial charge in [0.2, 0.25) is 0 Å². The van der Waals surface area contributed by atoms with Gasteiger partial charge in [-0.2, -0.15) is 0 Å². The van der Waals surface area contributed by atoms with Crippen molar-refractivity contribution in [2.24, 2.45) is 0 Å². The fraction of sp³-hybridized carbons (Fsp3) is 0.0345. The van der Waals surface area contributed by atoms with Crippen LogP contribution in [0.3, 0.4) is 0 Å². The lowest BCUT2D eigenvalue weighted by Gasteiger charge is -2.11. The second-order valence-electron chi connectivity index (χ2n) is 7.54. The van der Waals surface area contributed by atoms with Gasteiger partial charge in [-0.3, -0.25) is 0 Å². The van der Waals surface area contributed by atoms with Gasteiger partial charge in [-0.05, 0) is 71.7 Å². The number of allylic oxidation sites excluding steroid dienone is 2. The number of nitrogens with two attached hydrogens (primary N) is 2. The van der Waals surface area contributed by atoms with Crippen LogP contribution < -0.4 is 20.9 Å². The predicted octanol–water partition coefficient (Wildman–Crippen LogP) is 7.55. The van der Waals surface area contributed by atoms with Crippen LogP contribution in [0.2, 0.25) is 0 Å². The molecular weight excluding hydrogens is 408 g/mol. The van der Waals surface area contributed by atoms with Crippen molar-refractivity contribution in [3.8, 4) is 23.0 Å². The maximum absolute atomic E-state index is 5.97. The van der Waals surface area contributed by atoms with Crippen molar-refractivity contribution in [2.45, 2.75) is 6.42 Å². The molecule has 0 aliphatic carbocycles. The third kappa shape index (κ3) is 5.63. The maximum atomic E-state index is 5.97. The fourth-order valence-electron chi connectivity index (χ4n) is 3.39. The minimum absolute atomic E-state index is 0.608. The molecular formula is C29H26N2O2. The molecule has 0 saturated heterocycles. The number of para-hydroxylation sites is 4. The molecule has 0 amide bonds. The number of rotatable bonds is 8. The van der Waals surface area contributed by atoms with E-state index in [-0.39, 0.29) is 0 Å². The lowest BCUT2D eigenvalue weighted by Crippen LogP contribution is -1.92. The van der Waals surface area contributed by atoms with E-state index in [1.54, 1.807) is 0 Å². The molecule has 4 aromatic rings. The number of benzene rings is 4. The molecule has 0 aromatic heterocycles. The van der Waals surface area contributed by atoms with E-state index in [1.165, 1.54) is 0 Å². The van der Waals surface area contributed by atoms with Crippen molar-refractivity contribution in [2.75, 3.05) is 11.5 Å². The number of hydrogen-bond donors (Lipinski definition) is 2. The Bertz CT molecular complexity index is 1260. The SMILES string of the molecule is C=CCC(=Cc1ccc(Oc2ccccc2N)cc1)c1ccc(Oc2ccccc2N)cc1. The summed E-state index contributed by atoms with van der Waals surface area (Å²) in [5.41, 5.74) is 16.5. The minimum atomic E-state index is 0.608. The van der Waals surface area contributed by atoms with Gasteiger partial charge in [0.05, 0.1) is 11.4 Å². The second kappa shape index (κ2) is 10.2. The van der Waals surface area contributed by atoms with Crippen molar-refractivity contribution in [3.63, 3.8) is 0 Å². The van der Waals surface area contributed by atoms with Crippen LogP contribution in [0.4, 0.5) is 11.4 Å². The van der Waals surface area contributed by atoms with Crippen LogP contribution in [0.15, 0.2) is 110 Å². The Morgan fingerprint density at radius 3 is 1.64 bits per heavy atom. The highest BCUT2D eigenvalue weighted by Gasteiger charge is 2.05. The summed E-state index contributed by atoms with van der Waals surface area (Å²) in [7, 11) is 0. The van der Waals surface area contributed by atoms with Crippen LogP contribution in [0.25, 0.3) is 11.6 Å². The predicted molar refractivity (Wildman–Crippen MR) is 137 cm³/mol. The first-order valence-corrected chi connectivity index (χ1v) is 10.7. The molecule has 0 aliphatic rings. The third-order valence-corrected chi connectivity index (χ3v) is 5.10. The third-order valence-electron chi connectivity index (χ3n) is 5.10. The molecule has 0 spiro atoms. The zero-order valence-corrected chi connectivity index (χ0v) is 18.3. The normalized spacial score (nSPS) is 11.1.